The second kappa shape index (κ2) is 7.18. The van der Waals surface area contributed by atoms with E-state index >= 15 is 0 Å². The number of benzene rings is 1. The molecule has 0 unspecified atom stereocenters. The molecule has 0 heterocycles. The van der Waals surface area contributed by atoms with Crippen LogP contribution in [0, 0.1) is 17.8 Å². The van der Waals surface area contributed by atoms with Crippen LogP contribution in [0.25, 0.3) is 0 Å². The van der Waals surface area contributed by atoms with Crippen molar-refractivity contribution >= 4 is 21.6 Å². The van der Waals surface area contributed by atoms with E-state index in [1.807, 2.05) is 0 Å². The average Bonchev–Trinajstić information content (AvgIpc) is 2.58. The SMILES string of the molecule is CC(=O)Nc1ccc(S(=O)(=O)NCCOC23CC4CC(CC(C4)C2)C3)cc1. The maximum atomic E-state index is 12.4. The summed E-state index contributed by atoms with van der Waals surface area (Å²) in [5.74, 6) is 2.26. The molecule has 1 aromatic rings. The molecule has 4 fully saturated rings. The van der Waals surface area contributed by atoms with Gasteiger partial charge in [0.2, 0.25) is 15.9 Å². The van der Waals surface area contributed by atoms with Crippen LogP contribution in [0.4, 0.5) is 5.69 Å². The Kier molecular flexibility index (Phi) is 5.03. The Morgan fingerprint density at radius 2 is 1.63 bits per heavy atom. The van der Waals surface area contributed by atoms with Gasteiger partial charge in [0.1, 0.15) is 0 Å². The van der Waals surface area contributed by atoms with Crippen molar-refractivity contribution in [2.75, 3.05) is 18.5 Å². The fraction of sp³-hybridized carbons (Fsp3) is 0.650. The molecular weight excluding hydrogens is 364 g/mol. The molecule has 1 amide bonds. The number of carbonyl (C=O) groups is 1. The van der Waals surface area contributed by atoms with E-state index in [2.05, 4.69) is 10.0 Å². The summed E-state index contributed by atoms with van der Waals surface area (Å²) in [5.41, 5.74) is 0.576. The van der Waals surface area contributed by atoms with Crippen molar-refractivity contribution < 1.29 is 17.9 Å². The van der Waals surface area contributed by atoms with Crippen LogP contribution in [-0.2, 0) is 19.6 Å². The number of rotatable bonds is 7. The topological polar surface area (TPSA) is 84.5 Å². The van der Waals surface area contributed by atoms with Crippen LogP contribution in [0.1, 0.15) is 45.4 Å². The molecule has 0 aromatic heterocycles. The molecule has 7 heteroatoms. The molecule has 0 saturated heterocycles. The van der Waals surface area contributed by atoms with E-state index in [0.717, 1.165) is 37.0 Å². The summed E-state index contributed by atoms with van der Waals surface area (Å²) in [4.78, 5) is 11.2. The molecule has 148 valence electrons. The Labute approximate surface area is 161 Å². The highest BCUT2D eigenvalue weighted by molar-refractivity contribution is 7.89. The minimum absolute atomic E-state index is 0.000198. The number of hydrogen-bond acceptors (Lipinski definition) is 4. The molecule has 1 aromatic carbocycles. The highest BCUT2D eigenvalue weighted by Crippen LogP contribution is 2.57. The van der Waals surface area contributed by atoms with Gasteiger partial charge in [-0.25, -0.2) is 13.1 Å². The Hall–Kier alpha value is -1.44. The summed E-state index contributed by atoms with van der Waals surface area (Å²) in [5, 5.41) is 2.62. The van der Waals surface area contributed by atoms with Crippen LogP contribution in [-0.4, -0.2) is 33.1 Å². The van der Waals surface area contributed by atoms with Crippen molar-refractivity contribution in [1.29, 1.82) is 0 Å². The first kappa shape index (κ1) is 18.9. The first-order chi connectivity index (χ1) is 12.8. The van der Waals surface area contributed by atoms with Gasteiger partial charge < -0.3 is 10.1 Å². The van der Waals surface area contributed by atoms with Crippen molar-refractivity contribution in [3.8, 4) is 0 Å². The van der Waals surface area contributed by atoms with Crippen molar-refractivity contribution in [1.82, 2.24) is 4.72 Å². The van der Waals surface area contributed by atoms with Crippen molar-refractivity contribution in [2.24, 2.45) is 17.8 Å². The number of sulfonamides is 1. The number of nitrogens with one attached hydrogen (secondary N) is 2. The zero-order valence-electron chi connectivity index (χ0n) is 15.7. The molecule has 0 atom stereocenters. The molecule has 4 aliphatic carbocycles. The van der Waals surface area contributed by atoms with E-state index in [0.29, 0.717) is 12.3 Å². The Balaban J connectivity index is 1.29. The van der Waals surface area contributed by atoms with Crippen LogP contribution in [0.5, 0.6) is 0 Å². The second-order valence-electron chi connectivity index (χ2n) is 8.55. The molecule has 4 saturated carbocycles. The quantitative estimate of drug-likeness (QED) is 0.699. The predicted molar refractivity (Wildman–Crippen MR) is 103 cm³/mol. The van der Waals surface area contributed by atoms with E-state index in [1.54, 1.807) is 12.1 Å². The predicted octanol–water partition coefficient (Wildman–Crippen LogP) is 2.91. The lowest BCUT2D eigenvalue weighted by Crippen LogP contribution is -2.52. The third-order valence-electron chi connectivity index (χ3n) is 6.27. The summed E-state index contributed by atoms with van der Waals surface area (Å²) in [6.07, 6.45) is 7.54. The zero-order valence-corrected chi connectivity index (χ0v) is 16.6. The molecule has 4 aliphatic rings. The van der Waals surface area contributed by atoms with Gasteiger partial charge in [-0.3, -0.25) is 4.79 Å². The first-order valence-electron chi connectivity index (χ1n) is 9.85. The summed E-state index contributed by atoms with van der Waals surface area (Å²) >= 11 is 0. The van der Waals surface area contributed by atoms with Gasteiger partial charge in [-0.05, 0) is 80.5 Å². The molecule has 6 nitrogen and oxygen atoms in total. The maximum Gasteiger partial charge on any atom is 0.240 e. The van der Waals surface area contributed by atoms with Gasteiger partial charge in [-0.1, -0.05) is 0 Å². The lowest BCUT2D eigenvalue weighted by atomic mass is 9.54. The third-order valence-corrected chi connectivity index (χ3v) is 7.75. The lowest BCUT2D eigenvalue weighted by molar-refractivity contribution is -0.160. The smallest absolute Gasteiger partial charge is 0.240 e. The highest BCUT2D eigenvalue weighted by atomic mass is 32.2. The van der Waals surface area contributed by atoms with E-state index in [1.165, 1.54) is 38.3 Å². The fourth-order valence-electron chi connectivity index (χ4n) is 5.66. The number of carbonyl (C=O) groups excluding carboxylic acids is 1. The average molecular weight is 393 g/mol. The van der Waals surface area contributed by atoms with Crippen molar-refractivity contribution in [3.63, 3.8) is 0 Å². The summed E-state index contributed by atoms with van der Waals surface area (Å²) < 4.78 is 33.8. The zero-order chi connectivity index (χ0) is 19.1. The van der Waals surface area contributed by atoms with Crippen LogP contribution < -0.4 is 10.0 Å². The molecule has 4 bridgehead atoms. The van der Waals surface area contributed by atoms with Gasteiger partial charge in [-0.15, -0.1) is 0 Å². The van der Waals surface area contributed by atoms with E-state index in [-0.39, 0.29) is 22.9 Å². The normalized spacial score (nSPS) is 31.8. The third kappa shape index (κ3) is 4.20. The van der Waals surface area contributed by atoms with Crippen molar-refractivity contribution in [3.05, 3.63) is 24.3 Å². The van der Waals surface area contributed by atoms with E-state index in [9.17, 15) is 13.2 Å². The highest BCUT2D eigenvalue weighted by Gasteiger charge is 2.51. The van der Waals surface area contributed by atoms with E-state index < -0.39 is 10.0 Å². The van der Waals surface area contributed by atoms with E-state index in [4.69, 9.17) is 4.74 Å². The lowest BCUT2D eigenvalue weighted by Gasteiger charge is -2.56. The second-order valence-corrected chi connectivity index (χ2v) is 10.3. The molecule has 27 heavy (non-hydrogen) atoms. The van der Waals surface area contributed by atoms with Crippen LogP contribution in [0.2, 0.25) is 0 Å². The summed E-state index contributed by atoms with van der Waals surface area (Å²) in [7, 11) is -3.58. The van der Waals surface area contributed by atoms with Crippen LogP contribution in [0.3, 0.4) is 0 Å². The summed E-state index contributed by atoms with van der Waals surface area (Å²) in [6.45, 7) is 2.10. The monoisotopic (exact) mass is 392 g/mol. The van der Waals surface area contributed by atoms with Gasteiger partial charge in [0.05, 0.1) is 17.1 Å². The maximum absolute atomic E-state index is 12.4. The van der Waals surface area contributed by atoms with Gasteiger partial charge >= 0.3 is 0 Å². The van der Waals surface area contributed by atoms with Crippen molar-refractivity contribution in [2.45, 2.75) is 55.9 Å². The molecule has 0 spiro atoms. The molecule has 2 N–H and O–H groups in total. The number of ether oxygens (including phenoxy) is 1. The first-order valence-corrected chi connectivity index (χ1v) is 11.3. The van der Waals surface area contributed by atoms with Crippen LogP contribution >= 0.6 is 0 Å². The summed E-state index contributed by atoms with van der Waals surface area (Å²) in [6, 6.07) is 6.16. The molecule has 0 radical (unpaired) electrons. The van der Waals surface area contributed by atoms with Crippen LogP contribution in [0.15, 0.2) is 29.2 Å². The number of amides is 1. The van der Waals surface area contributed by atoms with Gasteiger partial charge in [0, 0.05) is 19.2 Å². The fourth-order valence-corrected chi connectivity index (χ4v) is 6.67. The number of anilines is 1. The van der Waals surface area contributed by atoms with Gasteiger partial charge in [-0.2, -0.15) is 0 Å². The largest absolute Gasteiger partial charge is 0.374 e. The van der Waals surface area contributed by atoms with Gasteiger partial charge in [0.25, 0.3) is 0 Å². The standard InChI is InChI=1S/C20H28N2O4S/c1-14(23)22-18-2-4-19(5-3-18)27(24,25)21-6-7-26-20-11-15-8-16(12-20)10-17(9-15)13-20/h2-5,15-17,21H,6-13H2,1H3,(H,22,23). The van der Waals surface area contributed by atoms with Gasteiger partial charge in [0.15, 0.2) is 0 Å². The Morgan fingerprint density at radius 3 is 2.15 bits per heavy atom. The number of hydrogen-bond donors (Lipinski definition) is 2. The Morgan fingerprint density at radius 1 is 1.07 bits per heavy atom. The molecule has 0 aliphatic heterocycles. The minimum Gasteiger partial charge on any atom is -0.374 e. The minimum atomic E-state index is -3.58. The Bertz CT molecular complexity index is 768. The molecule has 5 rings (SSSR count). The molecular formula is C20H28N2O4S.